The summed E-state index contributed by atoms with van der Waals surface area (Å²) in [6, 6.07) is 3.70. The lowest BCUT2D eigenvalue weighted by molar-refractivity contribution is -0.113. The van der Waals surface area contributed by atoms with Crippen LogP contribution < -0.4 is 11.1 Å². The van der Waals surface area contributed by atoms with Crippen LogP contribution in [0.2, 0.25) is 0 Å². The molecular weight excluding hydrogens is 440 g/mol. The first-order chi connectivity index (χ1) is 14.9. The minimum absolute atomic E-state index is 0.0225. The normalized spacial score (nSPS) is 10.7. The van der Waals surface area contributed by atoms with Crippen molar-refractivity contribution in [1.29, 1.82) is 0 Å². The average Bonchev–Trinajstić information content (AvgIpc) is 3.32. The molecule has 0 aromatic carbocycles. The van der Waals surface area contributed by atoms with Crippen LogP contribution in [0.4, 0.5) is 5.00 Å². The number of thiophene rings is 1. The molecular formula is C19H20N6O4S2. The second-order valence-corrected chi connectivity index (χ2v) is 8.21. The topological polar surface area (TPSA) is 142 Å². The van der Waals surface area contributed by atoms with Crippen LogP contribution in [-0.4, -0.2) is 50.4 Å². The van der Waals surface area contributed by atoms with Gasteiger partial charge in [-0.3, -0.25) is 14.6 Å². The summed E-state index contributed by atoms with van der Waals surface area (Å²) in [6.45, 7) is 4.15. The molecule has 0 aliphatic rings. The highest BCUT2D eigenvalue weighted by atomic mass is 32.2. The van der Waals surface area contributed by atoms with E-state index in [1.807, 2.05) is 23.6 Å². The Morgan fingerprint density at radius 3 is 2.71 bits per heavy atom. The molecule has 0 aliphatic heterocycles. The van der Waals surface area contributed by atoms with Crippen LogP contribution in [-0.2, 0) is 16.1 Å². The van der Waals surface area contributed by atoms with Crippen LogP contribution in [0.5, 0.6) is 0 Å². The minimum Gasteiger partial charge on any atom is -0.465 e. The third-order valence-corrected chi connectivity index (χ3v) is 6.49. The number of nitrogens with one attached hydrogen (secondary N) is 1. The van der Waals surface area contributed by atoms with Gasteiger partial charge in [-0.1, -0.05) is 11.8 Å². The van der Waals surface area contributed by atoms with E-state index in [4.69, 9.17) is 10.5 Å². The van der Waals surface area contributed by atoms with Gasteiger partial charge in [-0.15, -0.1) is 21.5 Å². The second-order valence-electron chi connectivity index (χ2n) is 6.25. The van der Waals surface area contributed by atoms with Crippen molar-refractivity contribution in [3.8, 4) is 11.4 Å². The molecule has 0 aliphatic carbocycles. The van der Waals surface area contributed by atoms with Crippen LogP contribution in [0.15, 0.2) is 29.7 Å². The van der Waals surface area contributed by atoms with Gasteiger partial charge in [0.15, 0.2) is 11.0 Å². The number of carbonyl (C=O) groups is 3. The van der Waals surface area contributed by atoms with E-state index in [0.29, 0.717) is 23.1 Å². The number of nitrogens with zero attached hydrogens (tertiary/aromatic N) is 4. The first-order valence-electron chi connectivity index (χ1n) is 9.15. The van der Waals surface area contributed by atoms with Crippen molar-refractivity contribution in [1.82, 2.24) is 19.7 Å². The molecule has 2 amide bonds. The summed E-state index contributed by atoms with van der Waals surface area (Å²) in [4.78, 5) is 40.6. The van der Waals surface area contributed by atoms with Crippen molar-refractivity contribution in [3.63, 3.8) is 0 Å². The highest BCUT2D eigenvalue weighted by Gasteiger charge is 2.25. The molecule has 162 valence electrons. The lowest BCUT2D eigenvalue weighted by atomic mass is 10.1. The first-order valence-corrected chi connectivity index (χ1v) is 10.9. The smallest absolute Gasteiger partial charge is 0.341 e. The third-order valence-electron chi connectivity index (χ3n) is 4.30. The molecule has 0 radical (unpaired) electrons. The summed E-state index contributed by atoms with van der Waals surface area (Å²) < 4.78 is 6.65. The first kappa shape index (κ1) is 22.4. The zero-order chi connectivity index (χ0) is 22.5. The Labute approximate surface area is 186 Å². The molecule has 3 rings (SSSR count). The Balaban J connectivity index is 1.76. The number of primary amides is 1. The number of hydrogen-bond donors (Lipinski definition) is 2. The predicted molar refractivity (Wildman–Crippen MR) is 117 cm³/mol. The fourth-order valence-electron chi connectivity index (χ4n) is 2.87. The average molecular weight is 461 g/mol. The number of amides is 2. The van der Waals surface area contributed by atoms with Crippen molar-refractivity contribution in [3.05, 3.63) is 40.5 Å². The van der Waals surface area contributed by atoms with Crippen LogP contribution in [0, 0.1) is 6.92 Å². The minimum atomic E-state index is -0.679. The van der Waals surface area contributed by atoms with Crippen LogP contribution >= 0.6 is 23.1 Å². The summed E-state index contributed by atoms with van der Waals surface area (Å²) in [6.07, 6.45) is 3.37. The number of esters is 1. The standard InChI is InChI=1S/C19H20N6O4S2/c1-4-25-16(11-6-5-7-21-8-11)23-24-19(25)30-9-12(26)22-17-13(18(28)29-3)10(2)14(31-17)15(20)27/h5-8H,4,9H2,1-3H3,(H2,20,27)(H,22,26). The maximum atomic E-state index is 12.6. The number of thioether (sulfide) groups is 1. The molecule has 10 nitrogen and oxygen atoms in total. The molecule has 3 aromatic heterocycles. The van der Waals surface area contributed by atoms with Gasteiger partial charge in [0.1, 0.15) is 5.00 Å². The maximum Gasteiger partial charge on any atom is 0.341 e. The Morgan fingerprint density at radius 2 is 2.10 bits per heavy atom. The van der Waals surface area contributed by atoms with Crippen LogP contribution in [0.1, 0.15) is 32.5 Å². The fourth-order valence-corrected chi connectivity index (χ4v) is 4.73. The third kappa shape index (κ3) is 4.75. The zero-order valence-corrected chi connectivity index (χ0v) is 18.7. The molecule has 0 saturated heterocycles. The molecule has 3 aromatic rings. The number of ether oxygens (including phenoxy) is 1. The Kier molecular flexibility index (Phi) is 7.02. The number of methoxy groups -OCH3 is 1. The zero-order valence-electron chi connectivity index (χ0n) is 17.0. The Hall–Kier alpha value is -3.25. The summed E-state index contributed by atoms with van der Waals surface area (Å²) in [7, 11) is 1.22. The molecule has 0 fully saturated rings. The molecule has 0 unspecified atom stereocenters. The predicted octanol–water partition coefficient (Wildman–Crippen LogP) is 2.35. The molecule has 12 heteroatoms. The largest absolute Gasteiger partial charge is 0.465 e. The number of nitrogens with two attached hydrogens (primary N) is 1. The monoisotopic (exact) mass is 460 g/mol. The summed E-state index contributed by atoms with van der Waals surface area (Å²) in [5, 5.41) is 11.9. The van der Waals surface area contributed by atoms with Gasteiger partial charge in [0.2, 0.25) is 5.91 Å². The lowest BCUT2D eigenvalue weighted by Crippen LogP contribution is -2.16. The number of aromatic nitrogens is 4. The molecule has 0 spiro atoms. The number of rotatable bonds is 8. The van der Waals surface area contributed by atoms with Crippen molar-refractivity contribution in [2.24, 2.45) is 5.73 Å². The second kappa shape index (κ2) is 9.71. The summed E-state index contributed by atoms with van der Waals surface area (Å²) in [5.74, 6) is -1.03. The molecule has 0 saturated carbocycles. The van der Waals surface area contributed by atoms with Crippen molar-refractivity contribution in [2.45, 2.75) is 25.5 Å². The van der Waals surface area contributed by atoms with Crippen molar-refractivity contribution < 1.29 is 19.1 Å². The van der Waals surface area contributed by atoms with Crippen molar-refractivity contribution in [2.75, 3.05) is 18.2 Å². The molecule has 0 bridgehead atoms. The van der Waals surface area contributed by atoms with E-state index in [-0.39, 0.29) is 27.1 Å². The van der Waals surface area contributed by atoms with Gasteiger partial charge >= 0.3 is 5.97 Å². The van der Waals surface area contributed by atoms with Crippen LogP contribution in [0.25, 0.3) is 11.4 Å². The van der Waals surface area contributed by atoms with Crippen molar-refractivity contribution >= 4 is 45.9 Å². The van der Waals surface area contributed by atoms with Gasteiger partial charge < -0.3 is 20.4 Å². The van der Waals surface area contributed by atoms with Gasteiger partial charge in [0, 0.05) is 24.5 Å². The van der Waals surface area contributed by atoms with E-state index < -0.39 is 11.9 Å². The quantitative estimate of drug-likeness (QED) is 0.385. The molecule has 31 heavy (non-hydrogen) atoms. The number of carbonyl (C=O) groups excluding carboxylic acids is 3. The molecule has 3 N–H and O–H groups in total. The maximum absolute atomic E-state index is 12.6. The Bertz CT molecular complexity index is 1130. The fraction of sp³-hybridized carbons (Fsp3) is 0.263. The van der Waals surface area contributed by atoms with Gasteiger partial charge in [-0.25, -0.2) is 4.79 Å². The van der Waals surface area contributed by atoms with Gasteiger partial charge in [0.05, 0.1) is 23.3 Å². The Morgan fingerprint density at radius 1 is 1.32 bits per heavy atom. The van der Waals surface area contributed by atoms with E-state index in [2.05, 4.69) is 20.5 Å². The van der Waals surface area contributed by atoms with Gasteiger partial charge in [-0.05, 0) is 31.5 Å². The lowest BCUT2D eigenvalue weighted by Gasteiger charge is -2.08. The van der Waals surface area contributed by atoms with Gasteiger partial charge in [-0.2, -0.15) is 0 Å². The van der Waals surface area contributed by atoms with E-state index >= 15 is 0 Å². The highest BCUT2D eigenvalue weighted by Crippen LogP contribution is 2.33. The SMILES string of the molecule is CCn1c(SCC(=O)Nc2sc(C(N)=O)c(C)c2C(=O)OC)nnc1-c1cccnc1. The number of pyridine rings is 1. The molecule has 0 atom stereocenters. The van der Waals surface area contributed by atoms with E-state index in [0.717, 1.165) is 16.9 Å². The van der Waals surface area contributed by atoms with E-state index in [1.54, 1.807) is 19.3 Å². The molecule has 3 heterocycles. The number of hydrogen-bond acceptors (Lipinski definition) is 9. The van der Waals surface area contributed by atoms with E-state index in [9.17, 15) is 14.4 Å². The number of anilines is 1. The van der Waals surface area contributed by atoms with E-state index in [1.165, 1.54) is 18.9 Å². The van der Waals surface area contributed by atoms with Gasteiger partial charge in [0.25, 0.3) is 5.91 Å². The summed E-state index contributed by atoms with van der Waals surface area (Å²) in [5.41, 5.74) is 6.68. The van der Waals surface area contributed by atoms with Crippen LogP contribution in [0.3, 0.4) is 0 Å². The summed E-state index contributed by atoms with van der Waals surface area (Å²) >= 11 is 2.15. The highest BCUT2D eigenvalue weighted by molar-refractivity contribution is 7.99.